The molecule has 0 spiro atoms. The maximum atomic E-state index is 12.6. The molecule has 2 amide bonds. The van der Waals surface area contributed by atoms with Crippen LogP contribution in [0.15, 0.2) is 42.5 Å². The molecule has 1 aliphatic rings. The number of nitrogens with one attached hydrogen (secondary N) is 1. The van der Waals surface area contributed by atoms with Crippen molar-refractivity contribution >= 4 is 17.5 Å². The van der Waals surface area contributed by atoms with E-state index in [-0.39, 0.29) is 18.4 Å². The van der Waals surface area contributed by atoms with Gasteiger partial charge in [-0.1, -0.05) is 12.1 Å². The van der Waals surface area contributed by atoms with E-state index in [0.717, 1.165) is 17.7 Å². The van der Waals surface area contributed by atoms with Crippen molar-refractivity contribution in [3.05, 3.63) is 53.6 Å². The van der Waals surface area contributed by atoms with E-state index in [0.29, 0.717) is 23.6 Å². The van der Waals surface area contributed by atoms with Crippen molar-refractivity contribution in [1.29, 1.82) is 0 Å². The van der Waals surface area contributed by atoms with Crippen LogP contribution < -0.4 is 14.8 Å². The predicted octanol–water partition coefficient (Wildman–Crippen LogP) is 2.34. The lowest BCUT2D eigenvalue weighted by Gasteiger charge is -2.14. The molecule has 0 saturated heterocycles. The largest absolute Gasteiger partial charge is 0.493 e. The van der Waals surface area contributed by atoms with Crippen LogP contribution in [0.5, 0.6) is 11.5 Å². The normalized spacial score (nSPS) is 12.1. The molecule has 1 N–H and O–H groups in total. The van der Waals surface area contributed by atoms with Crippen molar-refractivity contribution in [1.82, 2.24) is 4.90 Å². The number of likely N-dealkylation sites (N-methyl/N-ethyl adjacent to an activating group) is 1. The van der Waals surface area contributed by atoms with Gasteiger partial charge in [0.2, 0.25) is 0 Å². The van der Waals surface area contributed by atoms with Gasteiger partial charge < -0.3 is 19.7 Å². The maximum Gasteiger partial charge on any atom is 0.259 e. The molecule has 0 unspecified atom stereocenters. The molecule has 130 valence electrons. The summed E-state index contributed by atoms with van der Waals surface area (Å²) in [6.45, 7) is 0.552. The van der Waals surface area contributed by atoms with E-state index in [4.69, 9.17) is 9.47 Å². The fraction of sp³-hybridized carbons (Fsp3) is 0.263. The molecule has 6 nitrogen and oxygen atoms in total. The molecular weight excluding hydrogens is 320 g/mol. The summed E-state index contributed by atoms with van der Waals surface area (Å²) in [7, 11) is 3.31. The minimum atomic E-state index is -0.285. The first-order valence-corrected chi connectivity index (χ1v) is 8.03. The molecular formula is C19H20N2O4. The predicted molar refractivity (Wildman–Crippen MR) is 94.2 cm³/mol. The van der Waals surface area contributed by atoms with Crippen molar-refractivity contribution < 1.29 is 19.1 Å². The molecule has 0 aliphatic carbocycles. The van der Waals surface area contributed by atoms with Crippen LogP contribution in [-0.2, 0) is 11.2 Å². The molecule has 0 radical (unpaired) electrons. The van der Waals surface area contributed by atoms with Crippen LogP contribution in [0.1, 0.15) is 15.9 Å². The van der Waals surface area contributed by atoms with Gasteiger partial charge in [0.1, 0.15) is 11.5 Å². The van der Waals surface area contributed by atoms with Gasteiger partial charge in [-0.05, 0) is 35.9 Å². The Kier molecular flexibility index (Phi) is 4.88. The first-order chi connectivity index (χ1) is 12.0. The number of fused-ring (bicyclic) bond motifs is 1. The molecule has 1 aliphatic heterocycles. The Labute approximate surface area is 146 Å². The summed E-state index contributed by atoms with van der Waals surface area (Å²) in [6, 6.07) is 12.4. The van der Waals surface area contributed by atoms with Crippen molar-refractivity contribution in [2.24, 2.45) is 0 Å². The maximum absolute atomic E-state index is 12.6. The molecule has 0 atom stereocenters. The van der Waals surface area contributed by atoms with Crippen LogP contribution in [0.25, 0.3) is 0 Å². The molecule has 0 saturated carbocycles. The SMILES string of the molecule is CN(C)C(=O)COc1ccccc1C(=O)Nc1ccc2c(c1)CCO2. The quantitative estimate of drug-likeness (QED) is 0.907. The highest BCUT2D eigenvalue weighted by Crippen LogP contribution is 2.28. The van der Waals surface area contributed by atoms with Crippen molar-refractivity contribution in [2.75, 3.05) is 32.6 Å². The second-order valence-electron chi connectivity index (χ2n) is 5.95. The number of hydrogen-bond donors (Lipinski definition) is 1. The van der Waals surface area contributed by atoms with E-state index >= 15 is 0 Å². The average molecular weight is 340 g/mol. The molecule has 3 rings (SSSR count). The highest BCUT2D eigenvalue weighted by atomic mass is 16.5. The van der Waals surface area contributed by atoms with Crippen LogP contribution in [0.4, 0.5) is 5.69 Å². The van der Waals surface area contributed by atoms with Crippen molar-refractivity contribution in [3.63, 3.8) is 0 Å². The Balaban J connectivity index is 1.72. The molecule has 0 aromatic heterocycles. The van der Waals surface area contributed by atoms with Crippen LogP contribution >= 0.6 is 0 Å². The standard InChI is InChI=1S/C19H20N2O4/c1-21(2)18(22)12-25-17-6-4-3-5-15(17)19(23)20-14-7-8-16-13(11-14)9-10-24-16/h3-8,11H,9-10,12H2,1-2H3,(H,20,23). The third kappa shape index (κ3) is 3.91. The van der Waals surface area contributed by atoms with E-state index in [2.05, 4.69) is 5.32 Å². The second-order valence-corrected chi connectivity index (χ2v) is 5.95. The Hall–Kier alpha value is -3.02. The third-order valence-electron chi connectivity index (χ3n) is 3.93. The Morgan fingerprint density at radius 2 is 2.00 bits per heavy atom. The number of para-hydroxylation sites is 1. The van der Waals surface area contributed by atoms with Gasteiger partial charge in [0.25, 0.3) is 11.8 Å². The Bertz CT molecular complexity index is 802. The van der Waals surface area contributed by atoms with Crippen molar-refractivity contribution in [2.45, 2.75) is 6.42 Å². The molecule has 2 aromatic carbocycles. The third-order valence-corrected chi connectivity index (χ3v) is 3.93. The van der Waals surface area contributed by atoms with Gasteiger partial charge in [-0.3, -0.25) is 9.59 Å². The first kappa shape index (κ1) is 16.8. The van der Waals surface area contributed by atoms with Gasteiger partial charge in [0.05, 0.1) is 12.2 Å². The summed E-state index contributed by atoms with van der Waals surface area (Å²) in [5.74, 6) is 0.782. The fourth-order valence-electron chi connectivity index (χ4n) is 2.51. The smallest absolute Gasteiger partial charge is 0.259 e. The topological polar surface area (TPSA) is 67.9 Å². The van der Waals surface area contributed by atoms with Crippen LogP contribution in [0, 0.1) is 0 Å². The van der Waals surface area contributed by atoms with E-state index in [1.165, 1.54) is 4.90 Å². The number of amides is 2. The van der Waals surface area contributed by atoms with E-state index < -0.39 is 0 Å². The highest BCUT2D eigenvalue weighted by molar-refractivity contribution is 6.06. The molecule has 1 heterocycles. The zero-order valence-electron chi connectivity index (χ0n) is 14.2. The summed E-state index contributed by atoms with van der Waals surface area (Å²) in [4.78, 5) is 25.7. The molecule has 2 aromatic rings. The number of benzene rings is 2. The van der Waals surface area contributed by atoms with E-state index in [9.17, 15) is 9.59 Å². The zero-order chi connectivity index (χ0) is 17.8. The number of ether oxygens (including phenoxy) is 2. The number of hydrogen-bond acceptors (Lipinski definition) is 4. The van der Waals surface area contributed by atoms with Crippen LogP contribution in [0.2, 0.25) is 0 Å². The van der Waals surface area contributed by atoms with Gasteiger partial charge in [-0.25, -0.2) is 0 Å². The van der Waals surface area contributed by atoms with Gasteiger partial charge in [-0.15, -0.1) is 0 Å². The second kappa shape index (κ2) is 7.25. The minimum Gasteiger partial charge on any atom is -0.493 e. The Morgan fingerprint density at radius 1 is 1.20 bits per heavy atom. The summed E-state index contributed by atoms with van der Waals surface area (Å²) in [5.41, 5.74) is 2.16. The number of carbonyl (C=O) groups excluding carboxylic acids is 2. The lowest BCUT2D eigenvalue weighted by Crippen LogP contribution is -2.28. The fourth-order valence-corrected chi connectivity index (χ4v) is 2.51. The van der Waals surface area contributed by atoms with Gasteiger partial charge in [0, 0.05) is 26.2 Å². The number of carbonyl (C=O) groups is 2. The van der Waals surface area contributed by atoms with Gasteiger partial charge in [0.15, 0.2) is 6.61 Å². The minimum absolute atomic E-state index is 0.118. The molecule has 0 bridgehead atoms. The van der Waals surface area contributed by atoms with E-state index in [1.807, 2.05) is 12.1 Å². The summed E-state index contributed by atoms with van der Waals surface area (Å²) in [6.07, 6.45) is 0.839. The average Bonchev–Trinajstić information content (AvgIpc) is 3.07. The monoisotopic (exact) mass is 340 g/mol. The lowest BCUT2D eigenvalue weighted by molar-refractivity contribution is -0.130. The van der Waals surface area contributed by atoms with Gasteiger partial charge in [-0.2, -0.15) is 0 Å². The number of nitrogens with zero attached hydrogens (tertiary/aromatic N) is 1. The summed E-state index contributed by atoms with van der Waals surface area (Å²) < 4.78 is 11.0. The summed E-state index contributed by atoms with van der Waals surface area (Å²) >= 11 is 0. The van der Waals surface area contributed by atoms with Crippen molar-refractivity contribution in [3.8, 4) is 11.5 Å². The van der Waals surface area contributed by atoms with Gasteiger partial charge >= 0.3 is 0 Å². The zero-order valence-corrected chi connectivity index (χ0v) is 14.2. The lowest BCUT2D eigenvalue weighted by atomic mass is 10.1. The molecule has 6 heteroatoms. The summed E-state index contributed by atoms with van der Waals surface area (Å²) in [5, 5.41) is 2.87. The van der Waals surface area contributed by atoms with E-state index in [1.54, 1.807) is 44.4 Å². The van der Waals surface area contributed by atoms with Crippen LogP contribution in [-0.4, -0.2) is 44.0 Å². The number of anilines is 1. The first-order valence-electron chi connectivity index (χ1n) is 8.03. The highest BCUT2D eigenvalue weighted by Gasteiger charge is 2.16. The van der Waals surface area contributed by atoms with Crippen LogP contribution in [0.3, 0.4) is 0 Å². The molecule has 25 heavy (non-hydrogen) atoms. The molecule has 0 fully saturated rings. The number of rotatable bonds is 5. The Morgan fingerprint density at radius 3 is 2.80 bits per heavy atom.